The quantitative estimate of drug-likeness (QED) is 0.515. The zero-order valence-electron chi connectivity index (χ0n) is 14.8. The van der Waals surface area contributed by atoms with Crippen LogP contribution in [0.1, 0.15) is 21.7 Å². The summed E-state index contributed by atoms with van der Waals surface area (Å²) in [5.74, 6) is 0.482. The number of amides is 1. The van der Waals surface area contributed by atoms with Gasteiger partial charge in [-0.25, -0.2) is 4.98 Å². The van der Waals surface area contributed by atoms with E-state index in [0.29, 0.717) is 35.3 Å². The van der Waals surface area contributed by atoms with Crippen LogP contribution in [0.25, 0.3) is 10.9 Å². The third kappa shape index (κ3) is 3.89. The highest BCUT2D eigenvalue weighted by atomic mass is 79.9. The highest BCUT2D eigenvalue weighted by Gasteiger charge is 2.09. The van der Waals surface area contributed by atoms with Gasteiger partial charge in [-0.3, -0.25) is 14.2 Å². The lowest BCUT2D eigenvalue weighted by atomic mass is 10.1. The maximum absolute atomic E-state index is 12.8. The van der Waals surface area contributed by atoms with Crippen LogP contribution in [0, 0.1) is 0 Å². The largest absolute Gasteiger partial charge is 0.467 e. The molecule has 28 heavy (non-hydrogen) atoms. The van der Waals surface area contributed by atoms with Gasteiger partial charge in [0, 0.05) is 10.0 Å². The number of fused-ring (bicyclic) bond motifs is 1. The molecule has 0 spiro atoms. The van der Waals surface area contributed by atoms with Gasteiger partial charge in [0.1, 0.15) is 5.76 Å². The minimum atomic E-state index is -0.203. The lowest BCUT2D eigenvalue weighted by Gasteiger charge is -2.09. The molecule has 0 radical (unpaired) electrons. The molecule has 4 rings (SSSR count). The lowest BCUT2D eigenvalue weighted by Crippen LogP contribution is -2.23. The molecule has 2 aromatic carbocycles. The molecule has 0 saturated heterocycles. The van der Waals surface area contributed by atoms with E-state index in [9.17, 15) is 9.59 Å². The summed E-state index contributed by atoms with van der Waals surface area (Å²) >= 11 is 3.39. The molecule has 4 aromatic rings. The van der Waals surface area contributed by atoms with Gasteiger partial charge in [-0.1, -0.05) is 28.1 Å². The van der Waals surface area contributed by atoms with Gasteiger partial charge < -0.3 is 9.73 Å². The molecule has 1 amide bonds. The zero-order chi connectivity index (χ0) is 19.5. The van der Waals surface area contributed by atoms with Crippen molar-refractivity contribution in [3.8, 4) is 0 Å². The Morgan fingerprint density at radius 1 is 1.14 bits per heavy atom. The molecule has 7 heteroatoms. The van der Waals surface area contributed by atoms with Crippen molar-refractivity contribution in [1.29, 1.82) is 0 Å². The van der Waals surface area contributed by atoms with Crippen LogP contribution in [-0.4, -0.2) is 15.5 Å². The fourth-order valence-electron chi connectivity index (χ4n) is 2.93. The second kappa shape index (κ2) is 7.82. The number of carbonyl (C=O) groups is 1. The van der Waals surface area contributed by atoms with E-state index in [2.05, 4.69) is 26.2 Å². The van der Waals surface area contributed by atoms with Gasteiger partial charge in [0.15, 0.2) is 0 Å². The first-order valence-corrected chi connectivity index (χ1v) is 9.44. The van der Waals surface area contributed by atoms with E-state index < -0.39 is 0 Å². The Morgan fingerprint density at radius 2 is 2.04 bits per heavy atom. The van der Waals surface area contributed by atoms with Crippen molar-refractivity contribution in [2.75, 3.05) is 0 Å². The van der Waals surface area contributed by atoms with Crippen molar-refractivity contribution in [3.63, 3.8) is 0 Å². The minimum Gasteiger partial charge on any atom is -0.467 e. The van der Waals surface area contributed by atoms with Crippen molar-refractivity contribution in [2.24, 2.45) is 0 Å². The van der Waals surface area contributed by atoms with Crippen molar-refractivity contribution in [2.45, 2.75) is 13.1 Å². The maximum Gasteiger partial charge on any atom is 0.261 e. The highest BCUT2D eigenvalue weighted by Crippen LogP contribution is 2.15. The molecule has 2 heterocycles. The van der Waals surface area contributed by atoms with Crippen molar-refractivity contribution in [1.82, 2.24) is 14.9 Å². The number of carbonyl (C=O) groups excluding carboxylic acids is 1. The van der Waals surface area contributed by atoms with E-state index in [1.165, 1.54) is 10.9 Å². The average Bonchev–Trinajstić information content (AvgIpc) is 3.22. The van der Waals surface area contributed by atoms with Gasteiger partial charge in [-0.05, 0) is 48.0 Å². The number of hydrogen-bond acceptors (Lipinski definition) is 4. The predicted molar refractivity (Wildman–Crippen MR) is 109 cm³/mol. The number of hydrogen-bond donors (Lipinski definition) is 1. The molecular weight excluding hydrogens is 422 g/mol. The van der Waals surface area contributed by atoms with Crippen LogP contribution in [0.2, 0.25) is 0 Å². The monoisotopic (exact) mass is 437 g/mol. The fraction of sp³-hybridized carbons (Fsp3) is 0.0952. The molecule has 1 N–H and O–H groups in total. The molecule has 0 aliphatic heterocycles. The van der Waals surface area contributed by atoms with Gasteiger partial charge in [-0.15, -0.1) is 0 Å². The van der Waals surface area contributed by atoms with Crippen LogP contribution in [0.3, 0.4) is 0 Å². The first kappa shape index (κ1) is 18.2. The summed E-state index contributed by atoms with van der Waals surface area (Å²) in [6, 6.07) is 16.2. The normalized spacial score (nSPS) is 10.9. The van der Waals surface area contributed by atoms with Crippen LogP contribution < -0.4 is 10.9 Å². The average molecular weight is 438 g/mol. The smallest absolute Gasteiger partial charge is 0.261 e. The van der Waals surface area contributed by atoms with Gasteiger partial charge >= 0.3 is 0 Å². The molecule has 0 bridgehead atoms. The summed E-state index contributed by atoms with van der Waals surface area (Å²) < 4.78 is 7.58. The van der Waals surface area contributed by atoms with Gasteiger partial charge in [0.05, 0.1) is 36.6 Å². The van der Waals surface area contributed by atoms with Crippen molar-refractivity contribution in [3.05, 3.63) is 98.9 Å². The number of aromatic nitrogens is 2. The number of rotatable bonds is 5. The first-order valence-electron chi connectivity index (χ1n) is 8.64. The Labute approximate surface area is 169 Å². The van der Waals surface area contributed by atoms with E-state index in [1.54, 1.807) is 48.7 Å². The molecule has 2 aromatic heterocycles. The maximum atomic E-state index is 12.8. The highest BCUT2D eigenvalue weighted by molar-refractivity contribution is 9.10. The van der Waals surface area contributed by atoms with E-state index in [0.717, 1.165) is 10.0 Å². The molecule has 0 aliphatic carbocycles. The number of furan rings is 1. The Hall–Kier alpha value is -3.19. The first-order chi connectivity index (χ1) is 13.6. The van der Waals surface area contributed by atoms with Crippen LogP contribution in [-0.2, 0) is 13.1 Å². The molecule has 0 saturated carbocycles. The molecule has 6 nitrogen and oxygen atoms in total. The summed E-state index contributed by atoms with van der Waals surface area (Å²) in [6.45, 7) is 0.645. The number of nitrogens with one attached hydrogen (secondary N) is 1. The molecule has 140 valence electrons. The van der Waals surface area contributed by atoms with Gasteiger partial charge in [0.25, 0.3) is 11.5 Å². The van der Waals surface area contributed by atoms with Gasteiger partial charge in [-0.2, -0.15) is 0 Å². The fourth-order valence-corrected chi connectivity index (χ4v) is 3.30. The Kier molecular flexibility index (Phi) is 5.08. The summed E-state index contributed by atoms with van der Waals surface area (Å²) in [4.78, 5) is 29.5. The van der Waals surface area contributed by atoms with Crippen LogP contribution in [0.4, 0.5) is 0 Å². The van der Waals surface area contributed by atoms with Crippen LogP contribution in [0.15, 0.2) is 80.9 Å². The molecule has 0 aliphatic rings. The molecule has 0 atom stereocenters. The zero-order valence-corrected chi connectivity index (χ0v) is 16.3. The van der Waals surface area contributed by atoms with Crippen molar-refractivity contribution < 1.29 is 9.21 Å². The van der Waals surface area contributed by atoms with Crippen LogP contribution in [0.5, 0.6) is 0 Å². The number of benzene rings is 2. The Morgan fingerprint density at radius 3 is 2.86 bits per heavy atom. The molecule has 0 unspecified atom stereocenters. The summed E-state index contributed by atoms with van der Waals surface area (Å²) in [5, 5.41) is 3.36. The number of nitrogens with zero attached hydrogens (tertiary/aromatic N) is 2. The van der Waals surface area contributed by atoms with Crippen LogP contribution >= 0.6 is 15.9 Å². The summed E-state index contributed by atoms with van der Waals surface area (Å²) in [5.41, 5.74) is 1.88. The van der Waals surface area contributed by atoms with E-state index >= 15 is 0 Å². The topological polar surface area (TPSA) is 77.1 Å². The van der Waals surface area contributed by atoms with Crippen molar-refractivity contribution >= 4 is 32.7 Å². The Bertz CT molecular complexity index is 1200. The molecular formula is C21H16BrN3O3. The molecule has 0 fully saturated rings. The number of halogens is 1. The summed E-state index contributed by atoms with van der Waals surface area (Å²) in [6.07, 6.45) is 3.10. The van der Waals surface area contributed by atoms with E-state index in [1.807, 2.05) is 12.1 Å². The Balaban J connectivity index is 1.55. The summed E-state index contributed by atoms with van der Waals surface area (Å²) in [7, 11) is 0. The van der Waals surface area contributed by atoms with Gasteiger partial charge in [0.2, 0.25) is 0 Å². The second-order valence-electron chi connectivity index (χ2n) is 6.30. The third-order valence-corrected chi connectivity index (χ3v) is 4.82. The lowest BCUT2D eigenvalue weighted by molar-refractivity contribution is 0.0948. The predicted octanol–water partition coefficient (Wildman–Crippen LogP) is 3.73. The third-order valence-electron chi connectivity index (χ3n) is 4.33. The van der Waals surface area contributed by atoms with E-state index in [4.69, 9.17) is 4.42 Å². The SMILES string of the molecule is O=C(NCc1ccco1)c1cccc(Cn2cnc3ccc(Br)cc3c2=O)c1. The standard InChI is InChI=1S/C21H16BrN3O3/c22-16-6-7-19-18(10-16)21(27)25(13-24-19)12-14-3-1-4-15(9-14)20(26)23-11-17-5-2-8-28-17/h1-10,13H,11-12H2,(H,23,26). The minimum absolute atomic E-state index is 0.126. The van der Waals surface area contributed by atoms with E-state index in [-0.39, 0.29) is 11.5 Å². The second-order valence-corrected chi connectivity index (χ2v) is 7.22.